The van der Waals surface area contributed by atoms with E-state index in [4.69, 9.17) is 9.47 Å². The van der Waals surface area contributed by atoms with Crippen molar-refractivity contribution >= 4 is 6.09 Å². The number of methoxy groups -OCH3 is 1. The monoisotopic (exact) mass is 449 g/mol. The van der Waals surface area contributed by atoms with Crippen LogP contribution < -0.4 is 4.74 Å². The Hall–Kier alpha value is -2.49. The fraction of sp³-hybridized carbons (Fsp3) is 0.552. The molecule has 33 heavy (non-hydrogen) atoms. The highest BCUT2D eigenvalue weighted by Gasteiger charge is 2.37. The van der Waals surface area contributed by atoms with Crippen molar-refractivity contribution in [3.05, 3.63) is 65.2 Å². The number of nitrogens with zero attached hydrogens (tertiary/aromatic N) is 1. The van der Waals surface area contributed by atoms with Gasteiger partial charge in [0, 0.05) is 6.54 Å². The average Bonchev–Trinajstić information content (AvgIpc) is 3.33. The molecule has 0 bridgehead atoms. The number of carbonyl (C=O) groups is 1. The van der Waals surface area contributed by atoms with Crippen LogP contribution in [-0.4, -0.2) is 30.2 Å². The van der Waals surface area contributed by atoms with Crippen LogP contribution in [0.25, 0.3) is 0 Å². The van der Waals surface area contributed by atoms with Crippen molar-refractivity contribution in [2.45, 2.75) is 83.3 Å². The van der Waals surface area contributed by atoms with Gasteiger partial charge in [0.25, 0.3) is 0 Å². The Labute approximate surface area is 199 Å². The molecule has 0 aromatic heterocycles. The lowest BCUT2D eigenvalue weighted by Gasteiger charge is -2.41. The van der Waals surface area contributed by atoms with Gasteiger partial charge in [-0.05, 0) is 93.5 Å². The molecule has 1 aliphatic heterocycles. The summed E-state index contributed by atoms with van der Waals surface area (Å²) < 4.78 is 11.2. The van der Waals surface area contributed by atoms with Crippen LogP contribution in [0.1, 0.15) is 87.9 Å². The van der Waals surface area contributed by atoms with Gasteiger partial charge in [0.05, 0.1) is 13.2 Å². The topological polar surface area (TPSA) is 38.8 Å². The third-order valence-electron chi connectivity index (χ3n) is 7.17. The van der Waals surface area contributed by atoms with Crippen LogP contribution >= 0.6 is 0 Å². The summed E-state index contributed by atoms with van der Waals surface area (Å²) in [5.74, 6) is 2.03. The van der Waals surface area contributed by atoms with Crippen LogP contribution in [-0.2, 0) is 11.2 Å². The van der Waals surface area contributed by atoms with Crippen molar-refractivity contribution in [2.75, 3.05) is 13.7 Å². The van der Waals surface area contributed by atoms with E-state index in [0.717, 1.165) is 31.6 Å². The SMILES string of the molecule is COc1ccc(CC2CCN(C(=O)OC(C)(C)C)C(c3ccccc3C3CCCC3)C2)cc1. The van der Waals surface area contributed by atoms with Crippen LogP contribution in [0.3, 0.4) is 0 Å². The van der Waals surface area contributed by atoms with Gasteiger partial charge in [-0.3, -0.25) is 0 Å². The Bertz CT molecular complexity index is 925. The maximum Gasteiger partial charge on any atom is 0.410 e. The molecular weight excluding hydrogens is 410 g/mol. The molecule has 2 unspecified atom stereocenters. The molecule has 1 aliphatic carbocycles. The van der Waals surface area contributed by atoms with E-state index in [1.165, 1.54) is 42.4 Å². The van der Waals surface area contributed by atoms with Gasteiger partial charge in [0.1, 0.15) is 11.4 Å². The van der Waals surface area contributed by atoms with Gasteiger partial charge in [-0.25, -0.2) is 4.79 Å². The fourth-order valence-corrected chi connectivity index (χ4v) is 5.58. The maximum absolute atomic E-state index is 13.3. The Balaban J connectivity index is 1.60. The number of ether oxygens (including phenoxy) is 2. The summed E-state index contributed by atoms with van der Waals surface area (Å²) in [6.45, 7) is 6.58. The summed E-state index contributed by atoms with van der Waals surface area (Å²) in [7, 11) is 1.70. The van der Waals surface area contributed by atoms with Crippen molar-refractivity contribution in [3.63, 3.8) is 0 Å². The van der Waals surface area contributed by atoms with Gasteiger partial charge in [0.15, 0.2) is 0 Å². The Morgan fingerprint density at radius 2 is 1.64 bits per heavy atom. The molecule has 0 radical (unpaired) electrons. The first kappa shape index (κ1) is 23.7. The molecule has 2 aromatic carbocycles. The van der Waals surface area contributed by atoms with Crippen molar-refractivity contribution < 1.29 is 14.3 Å². The second-order valence-corrected chi connectivity index (χ2v) is 10.7. The Kier molecular flexibility index (Phi) is 7.31. The van der Waals surface area contributed by atoms with Crippen molar-refractivity contribution in [2.24, 2.45) is 5.92 Å². The van der Waals surface area contributed by atoms with Crippen molar-refractivity contribution in [1.82, 2.24) is 4.90 Å². The first-order valence-electron chi connectivity index (χ1n) is 12.6. The minimum absolute atomic E-state index is 0.0636. The molecule has 1 saturated heterocycles. The standard InChI is InChI=1S/C29H39NO3/c1-29(2,3)33-28(31)30-18-17-22(19-21-13-15-24(32-4)16-14-21)20-27(30)26-12-8-7-11-25(26)23-9-5-6-10-23/h7-8,11-16,22-23,27H,5-6,9-10,17-20H2,1-4H3. The molecule has 1 heterocycles. The van der Waals surface area contributed by atoms with Crippen molar-refractivity contribution in [3.8, 4) is 5.75 Å². The predicted molar refractivity (Wildman–Crippen MR) is 133 cm³/mol. The Morgan fingerprint density at radius 1 is 0.970 bits per heavy atom. The van der Waals surface area contributed by atoms with Gasteiger partial charge in [-0.2, -0.15) is 0 Å². The molecule has 0 N–H and O–H groups in total. The zero-order valence-corrected chi connectivity index (χ0v) is 20.7. The summed E-state index contributed by atoms with van der Waals surface area (Å²) in [6.07, 6.45) is 7.92. The number of rotatable bonds is 5. The predicted octanol–water partition coefficient (Wildman–Crippen LogP) is 7.28. The molecule has 1 amide bonds. The number of likely N-dealkylation sites (tertiary alicyclic amines) is 1. The minimum atomic E-state index is -0.494. The van der Waals surface area contributed by atoms with E-state index in [1.807, 2.05) is 37.8 Å². The summed E-state index contributed by atoms with van der Waals surface area (Å²) in [4.78, 5) is 15.3. The number of piperidine rings is 1. The molecule has 2 atom stereocenters. The van der Waals surface area contributed by atoms with E-state index in [9.17, 15) is 4.79 Å². The van der Waals surface area contributed by atoms with Gasteiger partial charge in [-0.1, -0.05) is 49.2 Å². The third kappa shape index (κ3) is 5.90. The van der Waals surface area contributed by atoms with E-state index in [0.29, 0.717) is 11.8 Å². The van der Waals surface area contributed by atoms with Crippen LogP contribution in [0.5, 0.6) is 5.75 Å². The maximum atomic E-state index is 13.3. The van der Waals surface area contributed by atoms with E-state index in [1.54, 1.807) is 7.11 Å². The lowest BCUT2D eigenvalue weighted by Crippen LogP contribution is -2.44. The highest BCUT2D eigenvalue weighted by molar-refractivity contribution is 5.69. The van der Waals surface area contributed by atoms with Crippen LogP contribution in [0.4, 0.5) is 4.79 Å². The van der Waals surface area contributed by atoms with Crippen LogP contribution in [0.15, 0.2) is 48.5 Å². The molecule has 2 aromatic rings. The first-order valence-corrected chi connectivity index (χ1v) is 12.6. The van der Waals surface area contributed by atoms with E-state index in [-0.39, 0.29) is 12.1 Å². The Morgan fingerprint density at radius 3 is 2.27 bits per heavy atom. The number of amides is 1. The van der Waals surface area contributed by atoms with Crippen LogP contribution in [0, 0.1) is 5.92 Å². The van der Waals surface area contributed by atoms with Gasteiger partial charge >= 0.3 is 6.09 Å². The summed E-state index contributed by atoms with van der Waals surface area (Å²) >= 11 is 0. The number of hydrogen-bond donors (Lipinski definition) is 0. The lowest BCUT2D eigenvalue weighted by molar-refractivity contribution is 0.00402. The summed E-state index contributed by atoms with van der Waals surface area (Å²) in [5.41, 5.74) is 3.61. The minimum Gasteiger partial charge on any atom is -0.497 e. The number of carbonyl (C=O) groups excluding carboxylic acids is 1. The van der Waals surface area contributed by atoms with Crippen molar-refractivity contribution in [1.29, 1.82) is 0 Å². The highest BCUT2D eigenvalue weighted by atomic mass is 16.6. The lowest BCUT2D eigenvalue weighted by atomic mass is 9.80. The quantitative estimate of drug-likeness (QED) is 0.481. The molecule has 4 heteroatoms. The first-order chi connectivity index (χ1) is 15.8. The molecule has 2 aliphatic rings. The zero-order chi connectivity index (χ0) is 23.4. The van der Waals surface area contributed by atoms with Gasteiger partial charge < -0.3 is 14.4 Å². The average molecular weight is 450 g/mol. The second kappa shape index (κ2) is 10.2. The number of benzene rings is 2. The third-order valence-corrected chi connectivity index (χ3v) is 7.17. The molecule has 2 fully saturated rings. The van der Waals surface area contributed by atoms with E-state index >= 15 is 0 Å². The van der Waals surface area contributed by atoms with Gasteiger partial charge in [-0.15, -0.1) is 0 Å². The summed E-state index contributed by atoms with van der Waals surface area (Å²) in [5, 5.41) is 0. The van der Waals surface area contributed by atoms with Gasteiger partial charge in [0.2, 0.25) is 0 Å². The molecule has 0 spiro atoms. The molecule has 1 saturated carbocycles. The molecule has 4 nitrogen and oxygen atoms in total. The second-order valence-electron chi connectivity index (χ2n) is 10.7. The van der Waals surface area contributed by atoms with Crippen LogP contribution in [0.2, 0.25) is 0 Å². The largest absolute Gasteiger partial charge is 0.497 e. The van der Waals surface area contributed by atoms with E-state index in [2.05, 4.69) is 36.4 Å². The normalized spacial score (nSPS) is 21.8. The zero-order valence-electron chi connectivity index (χ0n) is 20.7. The molecule has 4 rings (SSSR count). The smallest absolute Gasteiger partial charge is 0.410 e. The highest BCUT2D eigenvalue weighted by Crippen LogP contribution is 2.43. The number of hydrogen-bond acceptors (Lipinski definition) is 3. The molecule has 178 valence electrons. The van der Waals surface area contributed by atoms with E-state index < -0.39 is 5.60 Å². The fourth-order valence-electron chi connectivity index (χ4n) is 5.58. The summed E-state index contributed by atoms with van der Waals surface area (Å²) in [6, 6.07) is 17.3. The molecular formula is C29H39NO3.